The SMILES string of the molecule is [2H]c1c(C)[n+](C)c(-c2cc(-c3cccnc3)ccc2C)c2ccc(CC(C)C)cc12.[2H]c1c(C)[n+](C)c(-c2ccccc2C)c2ccc(C(C)CC)cc12.[2H]c1c(C)[n+](C)c(-c2ccncc2C)c2ccc(CC(C)C)cc12.[2H]c1c(C)[n+](C)c(-c2cnccc2C)c2ccc(CC(C)C)cc12.[2H]c1c([2H])[n+](C)c(-c2cc(C([2H])(C)C)cc(C)c2C)c2ccc(CC(C)C)cc12. The molecule has 0 amide bonds. The van der Waals surface area contributed by atoms with Crippen LogP contribution in [-0.4, -0.2) is 15.0 Å². The monoisotopic (exact) mass is 1650 g/mol. The number of pyridine rings is 8. The molecule has 0 fully saturated rings. The summed E-state index contributed by atoms with van der Waals surface area (Å²) < 4.78 is 70.6. The first-order chi connectivity index (χ1) is 62.0. The van der Waals surface area contributed by atoms with Crippen molar-refractivity contribution in [2.45, 2.75) is 196 Å². The van der Waals surface area contributed by atoms with Crippen molar-refractivity contribution in [3.05, 3.63) is 333 Å². The first-order valence-electron chi connectivity index (χ1n) is 48.1. The van der Waals surface area contributed by atoms with E-state index in [0.29, 0.717) is 53.8 Å². The number of hydrogen-bond donors (Lipinski definition) is 0. The fourth-order valence-corrected chi connectivity index (χ4v) is 17.2. The van der Waals surface area contributed by atoms with Crippen molar-refractivity contribution in [3.63, 3.8) is 0 Å². The van der Waals surface area contributed by atoms with Gasteiger partial charge in [-0.15, -0.1) is 0 Å². The van der Waals surface area contributed by atoms with E-state index in [1.54, 1.807) is 6.20 Å². The molecule has 0 bridgehead atoms. The van der Waals surface area contributed by atoms with Crippen LogP contribution >= 0.6 is 0 Å². The van der Waals surface area contributed by atoms with Gasteiger partial charge < -0.3 is 0 Å². The molecule has 0 spiro atoms. The molecule has 8 nitrogen and oxygen atoms in total. The Bertz CT molecular complexity index is 6830. The van der Waals surface area contributed by atoms with E-state index in [-0.39, 0.29) is 12.2 Å². The smallest absolute Gasteiger partial charge is 0.222 e. The predicted octanol–water partition coefficient (Wildman–Crippen LogP) is 27.0. The van der Waals surface area contributed by atoms with E-state index in [1.165, 1.54) is 66.9 Å². The van der Waals surface area contributed by atoms with Crippen molar-refractivity contribution in [3.8, 4) is 67.4 Å². The number of benzene rings is 8. The molecule has 0 aliphatic rings. The summed E-state index contributed by atoms with van der Waals surface area (Å²) in [5.74, 6) is 2.17. The number of fused-ring (bicyclic) bond motifs is 5. The molecule has 8 heteroatoms. The van der Waals surface area contributed by atoms with Crippen LogP contribution in [0.15, 0.2) is 243 Å². The van der Waals surface area contributed by atoms with Crippen LogP contribution in [0, 0.1) is 92.9 Å². The zero-order valence-electron chi connectivity index (χ0n) is 86.1. The number of hydrogen-bond acceptors (Lipinski definition) is 3. The molecule has 124 heavy (non-hydrogen) atoms. The number of nitrogens with zero attached hydrogens (tertiary/aromatic N) is 8. The molecule has 636 valence electrons. The Kier molecular flexibility index (Phi) is 26.6. The summed E-state index contributed by atoms with van der Waals surface area (Å²) in [4.78, 5) is 12.8. The average Bonchev–Trinajstić information content (AvgIpc) is 0.745. The summed E-state index contributed by atoms with van der Waals surface area (Å²) in [5.41, 5.74) is 32.1. The minimum atomic E-state index is -0.703. The van der Waals surface area contributed by atoms with Crippen LogP contribution in [0.2, 0.25) is 0 Å². The second-order valence-electron chi connectivity index (χ2n) is 36.6. The fraction of sp³-hybridized carbons (Fsp3) is 0.328. The lowest BCUT2D eigenvalue weighted by molar-refractivity contribution is -0.665. The predicted molar refractivity (Wildman–Crippen MR) is 526 cm³/mol. The van der Waals surface area contributed by atoms with Gasteiger partial charge in [0.1, 0.15) is 36.6 Å². The van der Waals surface area contributed by atoms with Crippen LogP contribution in [0.1, 0.15) is 200 Å². The summed E-state index contributed by atoms with van der Waals surface area (Å²) in [6.45, 7) is 46.9. The summed E-state index contributed by atoms with van der Waals surface area (Å²) in [6.07, 6.45) is 16.6. The number of aromatic nitrogens is 8. The lowest BCUT2D eigenvalue weighted by atomic mass is 9.90. The first-order valence-corrected chi connectivity index (χ1v) is 44.6. The highest BCUT2D eigenvalue weighted by Gasteiger charge is 2.27. The van der Waals surface area contributed by atoms with Crippen molar-refractivity contribution in [1.82, 2.24) is 15.0 Å². The topological polar surface area (TPSA) is 58.1 Å². The summed E-state index contributed by atoms with van der Waals surface area (Å²) >= 11 is 0. The standard InChI is InChI=1S/C27H29N2.C25H32N.C22H26N.2C21H25N2/c1-18(2)13-21-9-11-25-24(15-21)14-20(4)29(5)27(25)26-16-22(10-8-19(26)3)23-7-6-12-28-17-23;1-16(2)12-20-8-9-23-21(14-20)10-11-26(7)25(23)24-15-22(17(3)4)13-18(5)19(24)6;1-6-15(2)18-11-12-21-19(14-18)13-17(4)23(5)22(21)20-10-8-7-9-16(20)3;1-14(2)10-17-6-7-20-18(12-17)11-16(4)23(5)21(20)19-8-9-22-13-15(19)3;1-14(2)10-17-6-7-19-18(12-17)11-16(4)23(5)21(19)20-13-22-9-8-15(20)3/h6-12,14-18H,13H2,1-5H3;8-11,13-17H,12H2,1-7H3;7-15H,6H2,1-5H3;2*6-9,11-14H,10H2,1-5H3/q5*+1/i14D;10D,11D,17D;13D;2*11D. The molecular formula is C116H137N8+5. The Labute approximate surface area is 752 Å². The number of rotatable bonds is 17. The summed E-state index contributed by atoms with van der Waals surface area (Å²) in [5, 5.41) is 10.5. The molecule has 0 aliphatic heterocycles. The minimum absolute atomic E-state index is 0.210. The van der Waals surface area contributed by atoms with Crippen molar-refractivity contribution in [1.29, 1.82) is 0 Å². The molecule has 0 saturated heterocycles. The Balaban J connectivity index is 0.000000149. The van der Waals surface area contributed by atoms with E-state index < -0.39 is 5.89 Å². The Morgan fingerprint density at radius 2 is 0.742 bits per heavy atom. The highest BCUT2D eigenvalue weighted by Crippen LogP contribution is 2.39. The van der Waals surface area contributed by atoms with Gasteiger partial charge in [0.25, 0.3) is 0 Å². The van der Waals surface area contributed by atoms with Gasteiger partial charge in [0, 0.05) is 108 Å². The maximum absolute atomic E-state index is 8.77. The quantitative estimate of drug-likeness (QED) is 0.0854. The molecule has 8 heterocycles. The van der Waals surface area contributed by atoms with Crippen molar-refractivity contribution >= 4 is 53.9 Å². The molecule has 1 unspecified atom stereocenters. The van der Waals surface area contributed by atoms with Gasteiger partial charge in [-0.2, -0.15) is 18.3 Å². The Morgan fingerprint density at radius 3 is 1.20 bits per heavy atom. The van der Waals surface area contributed by atoms with E-state index in [2.05, 4.69) is 316 Å². The van der Waals surface area contributed by atoms with Crippen LogP contribution < -0.4 is 22.8 Å². The van der Waals surface area contributed by atoms with Gasteiger partial charge in [-0.05, 0) is 275 Å². The molecule has 0 aliphatic carbocycles. The van der Waals surface area contributed by atoms with Crippen molar-refractivity contribution in [2.75, 3.05) is 0 Å². The molecule has 0 saturated carbocycles. The van der Waals surface area contributed by atoms with Crippen molar-refractivity contribution in [2.24, 2.45) is 58.9 Å². The third kappa shape index (κ3) is 21.0. The Hall–Kier alpha value is -11.7. The second kappa shape index (κ2) is 40.3. The lowest BCUT2D eigenvalue weighted by Gasteiger charge is -2.15. The van der Waals surface area contributed by atoms with E-state index >= 15 is 0 Å². The first kappa shape index (κ1) is 81.9. The lowest BCUT2D eigenvalue weighted by Crippen LogP contribution is -2.35. The molecular weight excluding hydrogens is 1510 g/mol. The average molecular weight is 1650 g/mol. The minimum Gasteiger partial charge on any atom is -0.264 e. The fourth-order valence-electron chi connectivity index (χ4n) is 17.2. The highest BCUT2D eigenvalue weighted by molar-refractivity contribution is 5.99. The van der Waals surface area contributed by atoms with Gasteiger partial charge in [0.2, 0.25) is 28.5 Å². The van der Waals surface area contributed by atoms with Gasteiger partial charge in [-0.3, -0.25) is 15.0 Å². The van der Waals surface area contributed by atoms with Gasteiger partial charge in [0.05, 0.1) is 56.0 Å². The normalized spacial score (nSPS) is 12.6. The maximum atomic E-state index is 8.77. The maximum Gasteiger partial charge on any atom is 0.222 e. The highest BCUT2D eigenvalue weighted by atomic mass is 15.0. The Morgan fingerprint density at radius 1 is 0.323 bits per heavy atom. The summed E-state index contributed by atoms with van der Waals surface area (Å²) in [6, 6.07) is 63.0. The van der Waals surface area contributed by atoms with Gasteiger partial charge in [-0.1, -0.05) is 186 Å². The van der Waals surface area contributed by atoms with Crippen LogP contribution in [-0.2, 0) is 60.9 Å². The molecule has 16 rings (SSSR count). The van der Waals surface area contributed by atoms with Crippen molar-refractivity contribution < 1.29 is 32.4 Å². The summed E-state index contributed by atoms with van der Waals surface area (Å²) in [7, 11) is 10.1. The number of aryl methyl sites for hydroxylation is 5. The largest absolute Gasteiger partial charge is 0.264 e. The third-order valence-corrected chi connectivity index (χ3v) is 24.7. The molecule has 1 atom stereocenters. The van der Waals surface area contributed by atoms with Crippen LogP contribution in [0.4, 0.5) is 0 Å². The molecule has 8 aromatic carbocycles. The van der Waals surface area contributed by atoms with Crippen LogP contribution in [0.3, 0.4) is 0 Å². The zero-order valence-corrected chi connectivity index (χ0v) is 79.1. The van der Waals surface area contributed by atoms with Crippen LogP contribution in [0.5, 0.6) is 0 Å². The molecule has 8 aromatic heterocycles. The van der Waals surface area contributed by atoms with E-state index in [0.717, 1.165) is 176 Å². The second-order valence-corrected chi connectivity index (χ2v) is 36.6. The van der Waals surface area contributed by atoms with Gasteiger partial charge >= 0.3 is 0 Å². The molecule has 0 radical (unpaired) electrons. The van der Waals surface area contributed by atoms with E-state index in [1.807, 2.05) is 110 Å². The van der Waals surface area contributed by atoms with Crippen LogP contribution in [0.25, 0.3) is 121 Å². The molecule has 16 aromatic rings. The zero-order chi connectivity index (χ0) is 95.4. The molecule has 0 N–H and O–H groups in total. The third-order valence-electron chi connectivity index (χ3n) is 24.7. The van der Waals surface area contributed by atoms with E-state index in [4.69, 9.17) is 9.60 Å². The van der Waals surface area contributed by atoms with Gasteiger partial charge in [0.15, 0.2) is 28.9 Å². The van der Waals surface area contributed by atoms with E-state index in [9.17, 15) is 0 Å². The van der Waals surface area contributed by atoms with Gasteiger partial charge in [-0.25, -0.2) is 4.57 Å².